The van der Waals surface area contributed by atoms with Crippen LogP contribution in [0.15, 0.2) is 119 Å². The number of non-ortho nitro benzene ring substituents is 1. The number of thioether (sulfide) groups is 1. The number of nitrogens with zero attached hydrogens (tertiary/aromatic N) is 2. The van der Waals surface area contributed by atoms with Crippen molar-refractivity contribution >= 4 is 75.0 Å². The van der Waals surface area contributed by atoms with Gasteiger partial charge in [0.25, 0.3) is 17.5 Å². The first-order valence-corrected chi connectivity index (χ1v) is 16.2. The largest absolute Gasteiger partial charge is 0.321 e. The summed E-state index contributed by atoms with van der Waals surface area (Å²) in [7, 11) is 0. The van der Waals surface area contributed by atoms with Crippen LogP contribution in [0.25, 0.3) is 17.3 Å². The third-order valence-electron chi connectivity index (χ3n) is 6.57. The Labute approximate surface area is 283 Å². The van der Waals surface area contributed by atoms with Gasteiger partial charge in [0.1, 0.15) is 5.70 Å². The molecule has 236 valence electrons. The van der Waals surface area contributed by atoms with Crippen molar-refractivity contribution in [2.24, 2.45) is 0 Å². The Kier molecular flexibility index (Phi) is 10.8. The summed E-state index contributed by atoms with van der Waals surface area (Å²) in [4.78, 5) is 54.9. The molecule has 0 saturated carbocycles. The maximum Gasteiger partial charge on any atom is 0.272 e. The van der Waals surface area contributed by atoms with E-state index in [-0.39, 0.29) is 17.3 Å². The van der Waals surface area contributed by atoms with Gasteiger partial charge in [-0.05, 0) is 67.1 Å². The van der Waals surface area contributed by atoms with Gasteiger partial charge in [0.15, 0.2) is 5.13 Å². The molecule has 0 aliphatic heterocycles. The number of carbonyl (C=O) groups excluding carboxylic acids is 3. The molecule has 1 heterocycles. The first kappa shape index (κ1) is 33.1. The molecule has 1 atom stereocenters. The van der Waals surface area contributed by atoms with Crippen molar-refractivity contribution in [2.45, 2.75) is 17.1 Å². The summed E-state index contributed by atoms with van der Waals surface area (Å²) in [5.74, 6) is -1.24. The van der Waals surface area contributed by atoms with Gasteiger partial charge in [-0.3, -0.25) is 24.5 Å². The highest BCUT2D eigenvalue weighted by Gasteiger charge is 2.18. The molecule has 1 aromatic heterocycles. The Morgan fingerprint density at radius 2 is 1.68 bits per heavy atom. The van der Waals surface area contributed by atoms with Crippen LogP contribution in [0.2, 0.25) is 5.02 Å². The lowest BCUT2D eigenvalue weighted by atomic mass is 10.1. The van der Waals surface area contributed by atoms with Crippen molar-refractivity contribution in [2.75, 3.05) is 10.6 Å². The molecule has 0 saturated heterocycles. The Morgan fingerprint density at radius 1 is 0.936 bits per heavy atom. The number of benzene rings is 4. The second-order valence-electron chi connectivity index (χ2n) is 10.0. The standard InChI is InChI=1S/C34H26ClN5O5S2/c1-21(31(41)39-34-38-30(20-46-34)24-10-6-12-27(19-24)40(44)45)47-28-15-13-26(14-16-28)36-33(43)29(18-22-7-5-11-25(35)17-22)37-32(42)23-8-3-2-4-9-23/h2-21H,1H3,(H,36,43)(H,37,42)(H,38,39,41)/b29-18-. The second kappa shape index (κ2) is 15.3. The number of nitro benzene ring substituents is 1. The summed E-state index contributed by atoms with van der Waals surface area (Å²) in [6.07, 6.45) is 1.54. The van der Waals surface area contributed by atoms with Gasteiger partial charge in [-0.1, -0.05) is 54.1 Å². The molecule has 0 fully saturated rings. The Balaban J connectivity index is 1.21. The van der Waals surface area contributed by atoms with Crippen LogP contribution in [0.5, 0.6) is 0 Å². The Morgan fingerprint density at radius 3 is 2.40 bits per heavy atom. The molecule has 0 radical (unpaired) electrons. The van der Waals surface area contributed by atoms with Crippen LogP contribution in [0.4, 0.5) is 16.5 Å². The number of carbonyl (C=O) groups is 3. The van der Waals surface area contributed by atoms with Crippen molar-refractivity contribution in [3.8, 4) is 11.3 Å². The van der Waals surface area contributed by atoms with Crippen molar-refractivity contribution < 1.29 is 19.3 Å². The van der Waals surface area contributed by atoms with Crippen LogP contribution < -0.4 is 16.0 Å². The van der Waals surface area contributed by atoms with Gasteiger partial charge in [0, 0.05) is 44.2 Å². The molecule has 5 rings (SSSR count). The van der Waals surface area contributed by atoms with E-state index in [2.05, 4.69) is 20.9 Å². The molecule has 5 aromatic rings. The van der Waals surface area contributed by atoms with Crippen LogP contribution in [0.1, 0.15) is 22.8 Å². The number of aromatic nitrogens is 1. The molecule has 0 aliphatic carbocycles. The van der Waals surface area contributed by atoms with Crippen LogP contribution in [0, 0.1) is 10.1 Å². The predicted molar refractivity (Wildman–Crippen MR) is 187 cm³/mol. The minimum atomic E-state index is -0.532. The zero-order valence-corrected chi connectivity index (χ0v) is 27.1. The molecule has 10 nitrogen and oxygen atoms in total. The summed E-state index contributed by atoms with van der Waals surface area (Å²) in [6.45, 7) is 1.76. The number of thiazole rings is 1. The summed E-state index contributed by atoms with van der Waals surface area (Å²) in [5, 5.41) is 21.5. The molecule has 4 aromatic carbocycles. The average molecular weight is 684 g/mol. The maximum atomic E-state index is 13.3. The smallest absolute Gasteiger partial charge is 0.272 e. The zero-order valence-electron chi connectivity index (χ0n) is 24.7. The lowest BCUT2D eigenvalue weighted by Crippen LogP contribution is -2.30. The van der Waals surface area contributed by atoms with Gasteiger partial charge in [-0.15, -0.1) is 23.1 Å². The van der Waals surface area contributed by atoms with E-state index < -0.39 is 22.0 Å². The number of nitro groups is 1. The van der Waals surface area contributed by atoms with Crippen LogP contribution in [-0.2, 0) is 9.59 Å². The lowest BCUT2D eigenvalue weighted by Gasteiger charge is -2.13. The summed E-state index contributed by atoms with van der Waals surface area (Å²) >= 11 is 8.66. The van der Waals surface area contributed by atoms with Crippen molar-refractivity contribution in [3.05, 3.63) is 140 Å². The van der Waals surface area contributed by atoms with E-state index >= 15 is 0 Å². The van der Waals surface area contributed by atoms with Crippen molar-refractivity contribution in [3.63, 3.8) is 0 Å². The van der Waals surface area contributed by atoms with E-state index in [9.17, 15) is 24.5 Å². The van der Waals surface area contributed by atoms with Gasteiger partial charge in [0.2, 0.25) is 5.91 Å². The minimum absolute atomic E-state index is 0.0284. The zero-order chi connectivity index (χ0) is 33.3. The number of nitrogens with one attached hydrogen (secondary N) is 3. The second-order valence-corrected chi connectivity index (χ2v) is 12.7. The van der Waals surface area contributed by atoms with Gasteiger partial charge in [-0.25, -0.2) is 4.98 Å². The number of rotatable bonds is 11. The number of anilines is 2. The van der Waals surface area contributed by atoms with E-state index in [1.807, 2.05) is 0 Å². The highest BCUT2D eigenvalue weighted by Crippen LogP contribution is 2.29. The highest BCUT2D eigenvalue weighted by atomic mass is 35.5. The van der Waals surface area contributed by atoms with Gasteiger partial charge >= 0.3 is 0 Å². The Hall–Kier alpha value is -5.30. The van der Waals surface area contributed by atoms with E-state index in [0.717, 1.165) is 4.90 Å². The third-order valence-corrected chi connectivity index (χ3v) is 8.67. The number of hydrogen-bond acceptors (Lipinski definition) is 8. The normalized spacial score (nSPS) is 11.7. The SMILES string of the molecule is CC(Sc1ccc(NC(=O)/C(=C/c2cccc(Cl)c2)NC(=O)c2ccccc2)cc1)C(=O)Nc1nc(-c2cccc([N+](=O)[O-])c2)cs1. The minimum Gasteiger partial charge on any atom is -0.321 e. The third kappa shape index (κ3) is 9.13. The molecular formula is C34H26ClN5O5S2. The summed E-state index contributed by atoms with van der Waals surface area (Å²) in [6, 6.07) is 28.6. The molecule has 0 bridgehead atoms. The van der Waals surface area contributed by atoms with Crippen molar-refractivity contribution in [1.29, 1.82) is 0 Å². The van der Waals surface area contributed by atoms with Gasteiger partial charge in [0.05, 0.1) is 15.9 Å². The van der Waals surface area contributed by atoms with Crippen LogP contribution >= 0.6 is 34.7 Å². The Bertz CT molecular complexity index is 1970. The molecule has 1 unspecified atom stereocenters. The lowest BCUT2D eigenvalue weighted by molar-refractivity contribution is -0.384. The molecule has 3 amide bonds. The average Bonchev–Trinajstić information content (AvgIpc) is 3.54. The highest BCUT2D eigenvalue weighted by molar-refractivity contribution is 8.00. The molecular weight excluding hydrogens is 658 g/mol. The van der Waals surface area contributed by atoms with Gasteiger partial charge in [-0.2, -0.15) is 0 Å². The van der Waals surface area contributed by atoms with Crippen molar-refractivity contribution in [1.82, 2.24) is 10.3 Å². The van der Waals surface area contributed by atoms with E-state index in [1.54, 1.807) is 109 Å². The predicted octanol–water partition coefficient (Wildman–Crippen LogP) is 7.90. The van der Waals surface area contributed by atoms with Crippen LogP contribution in [0.3, 0.4) is 0 Å². The fourth-order valence-electron chi connectivity index (χ4n) is 4.23. The first-order chi connectivity index (χ1) is 22.6. The van der Waals surface area contributed by atoms with E-state index in [0.29, 0.717) is 38.2 Å². The fraction of sp³-hybridized carbons (Fsp3) is 0.0588. The number of amides is 3. The molecule has 3 N–H and O–H groups in total. The van der Waals surface area contributed by atoms with E-state index in [1.165, 1.54) is 35.2 Å². The number of halogens is 1. The van der Waals surface area contributed by atoms with Gasteiger partial charge < -0.3 is 16.0 Å². The molecule has 47 heavy (non-hydrogen) atoms. The molecule has 0 aliphatic rings. The first-order valence-electron chi connectivity index (χ1n) is 14.1. The quantitative estimate of drug-likeness (QED) is 0.0556. The molecule has 13 heteroatoms. The fourth-order valence-corrected chi connectivity index (χ4v) is 6.02. The summed E-state index contributed by atoms with van der Waals surface area (Å²) < 4.78 is 0. The number of hydrogen-bond donors (Lipinski definition) is 3. The maximum absolute atomic E-state index is 13.3. The van der Waals surface area contributed by atoms with Crippen LogP contribution in [-0.4, -0.2) is 32.9 Å². The topological polar surface area (TPSA) is 143 Å². The summed E-state index contributed by atoms with van der Waals surface area (Å²) in [5.41, 5.74) is 2.61. The van der Waals surface area contributed by atoms with E-state index in [4.69, 9.17) is 11.6 Å². The monoisotopic (exact) mass is 683 g/mol. The molecule has 0 spiro atoms.